The monoisotopic (exact) mass is 671 g/mol. The number of Topliss-reactive ketones (excluding diaryl/α,β-unsaturated/α-hetero) is 1. The number of nitrogens with two attached hydrogens (primary N) is 1. The molecule has 1 unspecified atom stereocenters. The lowest BCUT2D eigenvalue weighted by atomic mass is 10.00. The third kappa shape index (κ3) is 11.9. The molecule has 1 saturated heterocycles. The summed E-state index contributed by atoms with van der Waals surface area (Å²) < 4.78 is 0.823. The van der Waals surface area contributed by atoms with E-state index in [0.29, 0.717) is 31.3 Å². The van der Waals surface area contributed by atoms with Gasteiger partial charge in [-0.25, -0.2) is 4.98 Å². The Morgan fingerprint density at radius 3 is 2.53 bits per heavy atom. The number of fused-ring (bicyclic) bond motifs is 1. The highest BCUT2D eigenvalue weighted by Gasteiger charge is 2.33. The van der Waals surface area contributed by atoms with Crippen LogP contribution in [-0.2, 0) is 24.0 Å². The van der Waals surface area contributed by atoms with E-state index in [4.69, 9.17) is 11.1 Å². The molecule has 2 aromatic rings. The highest BCUT2D eigenvalue weighted by atomic mass is 32.1. The van der Waals surface area contributed by atoms with Gasteiger partial charge in [-0.05, 0) is 56.6 Å². The van der Waals surface area contributed by atoms with Crippen molar-refractivity contribution in [3.8, 4) is 0 Å². The van der Waals surface area contributed by atoms with E-state index in [1.807, 2.05) is 32.0 Å². The van der Waals surface area contributed by atoms with Gasteiger partial charge >= 0.3 is 0 Å². The Bertz CT molecular complexity index is 1430. The first-order valence-electron chi connectivity index (χ1n) is 15.8. The van der Waals surface area contributed by atoms with Crippen LogP contribution in [0.2, 0.25) is 0 Å². The summed E-state index contributed by atoms with van der Waals surface area (Å²) in [5, 5.41) is 23.8. The van der Waals surface area contributed by atoms with Crippen LogP contribution in [0, 0.1) is 11.3 Å². The predicted octanol–water partition coefficient (Wildman–Crippen LogP) is 0.438. The van der Waals surface area contributed by atoms with Crippen molar-refractivity contribution in [1.82, 2.24) is 36.9 Å². The highest BCUT2D eigenvalue weighted by molar-refractivity contribution is 7.20. The minimum atomic E-state index is -1.19. The number of hydrogen-bond donors (Lipinski definition) is 8. The van der Waals surface area contributed by atoms with E-state index >= 15 is 0 Å². The van der Waals surface area contributed by atoms with Crippen molar-refractivity contribution in [2.24, 2.45) is 11.7 Å². The summed E-state index contributed by atoms with van der Waals surface area (Å²) in [7, 11) is 0. The quantitative estimate of drug-likeness (QED) is 0.0715. The molecule has 4 atom stereocenters. The summed E-state index contributed by atoms with van der Waals surface area (Å²) in [4.78, 5) is 83.0. The van der Waals surface area contributed by atoms with Gasteiger partial charge in [-0.2, -0.15) is 0 Å². The number of para-hydroxylation sites is 1. The van der Waals surface area contributed by atoms with E-state index < -0.39 is 53.7 Å². The second kappa shape index (κ2) is 17.9. The zero-order valence-electron chi connectivity index (χ0n) is 26.9. The Hall–Kier alpha value is -4.60. The molecule has 3 rings (SSSR count). The zero-order chi connectivity index (χ0) is 34.5. The lowest BCUT2D eigenvalue weighted by Crippen LogP contribution is -2.58. The summed E-state index contributed by atoms with van der Waals surface area (Å²) in [6.07, 6.45) is 1.68. The van der Waals surface area contributed by atoms with Gasteiger partial charge in [0.15, 0.2) is 11.0 Å². The third-order valence-corrected chi connectivity index (χ3v) is 8.47. The Morgan fingerprint density at radius 2 is 1.85 bits per heavy atom. The summed E-state index contributed by atoms with van der Waals surface area (Å²) in [5.41, 5.74) is 6.05. The molecule has 256 valence electrons. The number of nitrogens with zero attached hydrogens (tertiary/aromatic N) is 1. The molecular formula is C31H45N9O6S. The lowest BCUT2D eigenvalue weighted by molar-refractivity contribution is -0.135. The number of carbonyl (C=O) groups is 6. The maximum Gasteiger partial charge on any atom is 0.243 e. The number of carbonyl (C=O) groups excluding carboxylic acids is 6. The van der Waals surface area contributed by atoms with Crippen molar-refractivity contribution in [3.63, 3.8) is 0 Å². The van der Waals surface area contributed by atoms with Crippen LogP contribution in [0.3, 0.4) is 0 Å². The first kappa shape index (κ1) is 36.9. The third-order valence-electron chi connectivity index (χ3n) is 7.42. The van der Waals surface area contributed by atoms with Crippen LogP contribution in [0.5, 0.6) is 0 Å². The highest BCUT2D eigenvalue weighted by Crippen LogP contribution is 2.23. The summed E-state index contributed by atoms with van der Waals surface area (Å²) in [6, 6.07) is 3.03. The molecule has 15 nitrogen and oxygen atoms in total. The molecule has 0 radical (unpaired) electrons. The molecule has 0 saturated carbocycles. The van der Waals surface area contributed by atoms with E-state index in [1.165, 1.54) is 18.3 Å². The first-order valence-corrected chi connectivity index (χ1v) is 16.6. The molecule has 1 fully saturated rings. The number of rotatable bonds is 11. The molecule has 0 aliphatic carbocycles. The molecule has 1 aliphatic heterocycles. The second-order valence-corrected chi connectivity index (χ2v) is 13.0. The maximum absolute atomic E-state index is 13.8. The number of ketones is 1. The van der Waals surface area contributed by atoms with E-state index in [1.54, 1.807) is 6.07 Å². The van der Waals surface area contributed by atoms with Crippen molar-refractivity contribution in [1.29, 1.82) is 5.41 Å². The molecule has 47 heavy (non-hydrogen) atoms. The molecule has 16 heteroatoms. The fraction of sp³-hybridized carbons (Fsp3) is 0.548. The minimum absolute atomic E-state index is 0.0286. The molecule has 0 spiro atoms. The average Bonchev–Trinajstić information content (AvgIpc) is 3.44. The molecule has 1 aromatic carbocycles. The van der Waals surface area contributed by atoms with E-state index in [0.717, 1.165) is 4.70 Å². The number of aromatic nitrogens is 1. The number of nitrogens with one attached hydrogen (secondary N) is 7. The maximum atomic E-state index is 13.8. The fourth-order valence-corrected chi connectivity index (χ4v) is 6.09. The van der Waals surface area contributed by atoms with Gasteiger partial charge in [0.25, 0.3) is 0 Å². The van der Waals surface area contributed by atoms with Gasteiger partial charge in [0.1, 0.15) is 18.1 Å². The van der Waals surface area contributed by atoms with Crippen LogP contribution in [0.4, 0.5) is 0 Å². The number of guanidine groups is 1. The topological polar surface area (TPSA) is 237 Å². The predicted molar refractivity (Wildman–Crippen MR) is 177 cm³/mol. The standard InChI is InChI=1S/C31H45N9O6S/c1-17(2)15-22-28(45)38-21(10-6-7-13-34-25(42)16-23(29(46)39-22)36-18(3)41)27(44)37-20(11-8-14-35-31(32)33)26(43)30-40-19-9-4-5-12-24(19)47-30/h4-5,9,12,17,20-23H,6-8,10-11,13-16H2,1-3H3,(H,34,42)(H,36,41)(H,37,44)(H,38,45)(H,39,46)(H4,32,33,35)/t20?,21-,22-,23-/m0/s1. The lowest BCUT2D eigenvalue weighted by Gasteiger charge is -2.27. The van der Waals surface area contributed by atoms with Gasteiger partial charge in [-0.1, -0.05) is 26.0 Å². The molecule has 2 heterocycles. The van der Waals surface area contributed by atoms with Crippen molar-refractivity contribution in [3.05, 3.63) is 29.3 Å². The van der Waals surface area contributed by atoms with Crippen LogP contribution >= 0.6 is 11.3 Å². The Morgan fingerprint density at radius 1 is 1.11 bits per heavy atom. The largest absolute Gasteiger partial charge is 0.370 e. The Kier molecular flexibility index (Phi) is 14.1. The van der Waals surface area contributed by atoms with E-state index in [-0.39, 0.29) is 54.9 Å². The summed E-state index contributed by atoms with van der Waals surface area (Å²) in [6.45, 7) is 5.52. The van der Waals surface area contributed by atoms with Crippen LogP contribution in [-0.4, -0.2) is 83.5 Å². The smallest absolute Gasteiger partial charge is 0.243 e. The summed E-state index contributed by atoms with van der Waals surface area (Å²) >= 11 is 1.22. The SMILES string of the molecule is CC(=O)N[C@H]1CC(=O)NCCCC[C@@H](C(=O)NC(CCCNC(=N)N)C(=O)c2nc3ccccc3s2)NC(=O)[C@H](CC(C)C)NC1=O. The van der Waals surface area contributed by atoms with Gasteiger partial charge in [0.2, 0.25) is 35.3 Å². The average molecular weight is 672 g/mol. The van der Waals surface area contributed by atoms with Crippen LogP contribution in [0.15, 0.2) is 24.3 Å². The van der Waals surface area contributed by atoms with Crippen LogP contribution in [0.1, 0.15) is 75.5 Å². The first-order chi connectivity index (χ1) is 22.3. The second-order valence-electron chi connectivity index (χ2n) is 11.9. The van der Waals surface area contributed by atoms with Crippen molar-refractivity contribution < 1.29 is 28.8 Å². The van der Waals surface area contributed by atoms with Gasteiger partial charge in [0.05, 0.1) is 22.7 Å². The normalized spacial score (nSPS) is 20.3. The molecule has 9 N–H and O–H groups in total. The van der Waals surface area contributed by atoms with Gasteiger partial charge in [0, 0.05) is 20.0 Å². The fourth-order valence-electron chi connectivity index (χ4n) is 5.13. The zero-order valence-corrected chi connectivity index (χ0v) is 27.8. The molecule has 5 amide bonds. The summed E-state index contributed by atoms with van der Waals surface area (Å²) in [5.74, 6) is -3.46. The number of hydrogen-bond acceptors (Lipinski definition) is 9. The van der Waals surface area contributed by atoms with E-state index in [9.17, 15) is 28.8 Å². The van der Waals surface area contributed by atoms with Crippen molar-refractivity contribution in [2.75, 3.05) is 13.1 Å². The Balaban J connectivity index is 1.85. The molecule has 1 aliphatic rings. The van der Waals surface area contributed by atoms with Crippen LogP contribution in [0.25, 0.3) is 10.2 Å². The molecule has 0 bridgehead atoms. The Labute approximate surface area is 277 Å². The number of amides is 5. The van der Waals surface area contributed by atoms with E-state index in [2.05, 4.69) is 36.9 Å². The minimum Gasteiger partial charge on any atom is -0.370 e. The van der Waals surface area contributed by atoms with Gasteiger partial charge in [-0.15, -0.1) is 11.3 Å². The van der Waals surface area contributed by atoms with Gasteiger partial charge < -0.3 is 37.6 Å². The van der Waals surface area contributed by atoms with Crippen LogP contribution < -0.4 is 37.6 Å². The van der Waals surface area contributed by atoms with Gasteiger partial charge in [-0.3, -0.25) is 34.2 Å². The number of benzene rings is 1. The van der Waals surface area contributed by atoms with Crippen molar-refractivity contribution in [2.45, 2.75) is 89.9 Å². The van der Waals surface area contributed by atoms with Crippen molar-refractivity contribution >= 4 is 62.8 Å². The molecule has 1 aromatic heterocycles. The molecular weight excluding hydrogens is 626 g/mol. The number of thiazole rings is 1.